The van der Waals surface area contributed by atoms with Crippen LogP contribution in [0.5, 0.6) is 11.5 Å². The number of carbonyl (C=O) groups is 1. The van der Waals surface area contributed by atoms with E-state index in [1.807, 2.05) is 0 Å². The Morgan fingerprint density at radius 2 is 2.17 bits per heavy atom. The predicted molar refractivity (Wildman–Crippen MR) is 66.4 cm³/mol. The summed E-state index contributed by atoms with van der Waals surface area (Å²) in [6, 6.07) is 5.08. The number of fused-ring (bicyclic) bond motifs is 1. The Morgan fingerprint density at radius 3 is 3.00 bits per heavy atom. The van der Waals surface area contributed by atoms with Gasteiger partial charge in [0.1, 0.15) is 0 Å². The molecule has 6 heteroatoms. The third kappa shape index (κ3) is 3.27. The summed E-state index contributed by atoms with van der Waals surface area (Å²) in [5, 5.41) is 2.75. The highest BCUT2D eigenvalue weighted by atomic mass is 35.5. The van der Waals surface area contributed by atoms with Crippen molar-refractivity contribution >= 4 is 17.5 Å². The van der Waals surface area contributed by atoms with Crippen molar-refractivity contribution in [1.29, 1.82) is 0 Å². The first-order valence-corrected chi connectivity index (χ1v) is 6.16. The number of hydrogen-bond donors (Lipinski definition) is 1. The molecule has 0 saturated carbocycles. The summed E-state index contributed by atoms with van der Waals surface area (Å²) < 4.78 is 15.5. The molecule has 0 aromatic heterocycles. The van der Waals surface area contributed by atoms with Crippen LogP contribution in [0.1, 0.15) is 10.4 Å². The molecule has 1 N–H and O–H groups in total. The second-order valence-corrected chi connectivity index (χ2v) is 4.00. The lowest BCUT2D eigenvalue weighted by Gasteiger charge is -2.06. The van der Waals surface area contributed by atoms with Crippen molar-refractivity contribution in [3.63, 3.8) is 0 Å². The molecule has 0 atom stereocenters. The Morgan fingerprint density at radius 1 is 1.33 bits per heavy atom. The highest BCUT2D eigenvalue weighted by Crippen LogP contribution is 2.32. The normalized spacial score (nSPS) is 12.5. The second-order valence-electron chi connectivity index (χ2n) is 3.63. The van der Waals surface area contributed by atoms with Gasteiger partial charge in [-0.3, -0.25) is 4.79 Å². The first-order chi connectivity index (χ1) is 8.81. The Kier molecular flexibility index (Phi) is 4.66. The lowest BCUT2D eigenvalue weighted by Crippen LogP contribution is -2.27. The summed E-state index contributed by atoms with van der Waals surface area (Å²) in [6.07, 6.45) is 0. The third-order valence-electron chi connectivity index (χ3n) is 2.39. The van der Waals surface area contributed by atoms with Gasteiger partial charge in [-0.2, -0.15) is 0 Å². The summed E-state index contributed by atoms with van der Waals surface area (Å²) in [5.74, 6) is 1.55. The van der Waals surface area contributed by atoms with E-state index in [9.17, 15) is 4.79 Å². The molecule has 1 amide bonds. The summed E-state index contributed by atoms with van der Waals surface area (Å²) in [6.45, 7) is 1.58. The first-order valence-electron chi connectivity index (χ1n) is 5.63. The van der Waals surface area contributed by atoms with E-state index in [0.717, 1.165) is 0 Å². The molecule has 0 radical (unpaired) electrons. The van der Waals surface area contributed by atoms with Gasteiger partial charge in [0, 0.05) is 18.0 Å². The van der Waals surface area contributed by atoms with Crippen molar-refractivity contribution in [2.75, 3.05) is 32.4 Å². The van der Waals surface area contributed by atoms with Gasteiger partial charge in [0.2, 0.25) is 6.79 Å². The number of rotatable bonds is 6. The highest BCUT2D eigenvalue weighted by molar-refractivity contribution is 6.17. The van der Waals surface area contributed by atoms with Crippen LogP contribution in [0.4, 0.5) is 0 Å². The van der Waals surface area contributed by atoms with Crippen LogP contribution in [0.25, 0.3) is 0 Å². The number of carbonyl (C=O) groups excluding carboxylic acids is 1. The number of amides is 1. The van der Waals surface area contributed by atoms with E-state index in [0.29, 0.717) is 42.7 Å². The molecule has 1 aromatic carbocycles. The van der Waals surface area contributed by atoms with Crippen LogP contribution in [0, 0.1) is 0 Å². The molecule has 2 rings (SSSR count). The third-order valence-corrected chi connectivity index (χ3v) is 2.54. The maximum absolute atomic E-state index is 11.8. The summed E-state index contributed by atoms with van der Waals surface area (Å²) in [7, 11) is 0. The van der Waals surface area contributed by atoms with Crippen molar-refractivity contribution in [3.05, 3.63) is 23.8 Å². The van der Waals surface area contributed by atoms with E-state index in [4.69, 9.17) is 25.8 Å². The molecule has 1 heterocycles. The Hall–Kier alpha value is -1.46. The molecule has 0 bridgehead atoms. The minimum atomic E-state index is -0.164. The zero-order valence-electron chi connectivity index (χ0n) is 9.78. The van der Waals surface area contributed by atoms with Gasteiger partial charge in [0.05, 0.1) is 13.2 Å². The molecule has 1 aromatic rings. The fourth-order valence-electron chi connectivity index (χ4n) is 1.53. The van der Waals surface area contributed by atoms with Crippen LogP contribution in [0.3, 0.4) is 0 Å². The zero-order chi connectivity index (χ0) is 12.8. The highest BCUT2D eigenvalue weighted by Gasteiger charge is 2.15. The Labute approximate surface area is 110 Å². The van der Waals surface area contributed by atoms with Crippen LogP contribution >= 0.6 is 11.6 Å². The van der Waals surface area contributed by atoms with Gasteiger partial charge in [-0.15, -0.1) is 11.6 Å². The van der Waals surface area contributed by atoms with Gasteiger partial charge < -0.3 is 19.5 Å². The molecule has 0 unspecified atom stereocenters. The van der Waals surface area contributed by atoms with Crippen LogP contribution < -0.4 is 14.8 Å². The minimum absolute atomic E-state index is 0.164. The van der Waals surface area contributed by atoms with Gasteiger partial charge in [-0.25, -0.2) is 0 Å². The zero-order valence-corrected chi connectivity index (χ0v) is 10.5. The van der Waals surface area contributed by atoms with Crippen LogP contribution in [-0.2, 0) is 4.74 Å². The molecule has 98 valence electrons. The number of halogens is 1. The van der Waals surface area contributed by atoms with Crippen molar-refractivity contribution in [2.45, 2.75) is 0 Å². The van der Waals surface area contributed by atoms with Gasteiger partial charge >= 0.3 is 0 Å². The SMILES string of the molecule is O=C(NCCOCCCl)c1ccc2c(c1)OCO2. The lowest BCUT2D eigenvalue weighted by molar-refractivity contribution is 0.0923. The Bertz CT molecular complexity index is 425. The average molecular weight is 272 g/mol. The van der Waals surface area contributed by atoms with Gasteiger partial charge in [0.25, 0.3) is 5.91 Å². The van der Waals surface area contributed by atoms with Crippen molar-refractivity contribution < 1.29 is 19.0 Å². The lowest BCUT2D eigenvalue weighted by atomic mass is 10.2. The number of benzene rings is 1. The van der Waals surface area contributed by atoms with Crippen molar-refractivity contribution in [1.82, 2.24) is 5.32 Å². The van der Waals surface area contributed by atoms with E-state index in [2.05, 4.69) is 5.32 Å². The van der Waals surface area contributed by atoms with Crippen molar-refractivity contribution in [3.8, 4) is 11.5 Å². The smallest absolute Gasteiger partial charge is 0.251 e. The standard InChI is InChI=1S/C12H14ClNO4/c13-3-5-16-6-4-14-12(15)9-1-2-10-11(7-9)18-8-17-10/h1-2,7H,3-6,8H2,(H,14,15). The molecule has 0 aliphatic carbocycles. The number of nitrogens with one attached hydrogen (secondary N) is 1. The molecule has 18 heavy (non-hydrogen) atoms. The number of alkyl halides is 1. The van der Waals surface area contributed by atoms with Crippen LogP contribution in [-0.4, -0.2) is 38.3 Å². The first kappa shape index (κ1) is 13.0. The minimum Gasteiger partial charge on any atom is -0.454 e. The molecule has 0 spiro atoms. The molecule has 0 saturated heterocycles. The van der Waals surface area contributed by atoms with E-state index in [1.165, 1.54) is 0 Å². The van der Waals surface area contributed by atoms with E-state index < -0.39 is 0 Å². The monoisotopic (exact) mass is 271 g/mol. The maximum Gasteiger partial charge on any atom is 0.251 e. The fraction of sp³-hybridized carbons (Fsp3) is 0.417. The molecule has 0 fully saturated rings. The number of ether oxygens (including phenoxy) is 3. The largest absolute Gasteiger partial charge is 0.454 e. The summed E-state index contributed by atoms with van der Waals surface area (Å²) >= 11 is 5.45. The van der Waals surface area contributed by atoms with E-state index in [1.54, 1.807) is 18.2 Å². The fourth-order valence-corrected chi connectivity index (χ4v) is 1.64. The van der Waals surface area contributed by atoms with Gasteiger partial charge in [-0.1, -0.05) is 0 Å². The molecular weight excluding hydrogens is 258 g/mol. The van der Waals surface area contributed by atoms with E-state index in [-0.39, 0.29) is 12.7 Å². The van der Waals surface area contributed by atoms with E-state index >= 15 is 0 Å². The van der Waals surface area contributed by atoms with Gasteiger partial charge in [0.15, 0.2) is 11.5 Å². The topological polar surface area (TPSA) is 56.8 Å². The van der Waals surface area contributed by atoms with Gasteiger partial charge in [-0.05, 0) is 18.2 Å². The average Bonchev–Trinajstić information content (AvgIpc) is 2.85. The molecule has 5 nitrogen and oxygen atoms in total. The molecule has 1 aliphatic rings. The number of hydrogen-bond acceptors (Lipinski definition) is 4. The van der Waals surface area contributed by atoms with Crippen LogP contribution in [0.2, 0.25) is 0 Å². The predicted octanol–water partition coefficient (Wildman–Crippen LogP) is 1.40. The Balaban J connectivity index is 1.82. The molecular formula is C12H14ClNO4. The summed E-state index contributed by atoms with van der Waals surface area (Å²) in [5.41, 5.74) is 0.539. The van der Waals surface area contributed by atoms with Crippen molar-refractivity contribution in [2.24, 2.45) is 0 Å². The maximum atomic E-state index is 11.8. The molecule has 1 aliphatic heterocycles. The summed E-state index contributed by atoms with van der Waals surface area (Å²) in [4.78, 5) is 11.8. The second kappa shape index (κ2) is 6.47. The quantitative estimate of drug-likeness (QED) is 0.628. The van der Waals surface area contributed by atoms with Crippen LogP contribution in [0.15, 0.2) is 18.2 Å².